The van der Waals surface area contributed by atoms with Gasteiger partial charge >= 0.3 is 5.97 Å². The lowest BCUT2D eigenvalue weighted by Crippen LogP contribution is -2.32. The van der Waals surface area contributed by atoms with Crippen LogP contribution in [0.5, 0.6) is 0 Å². The van der Waals surface area contributed by atoms with Crippen molar-refractivity contribution in [3.8, 4) is 0 Å². The normalized spacial score (nSPS) is 12.4. The van der Waals surface area contributed by atoms with Crippen LogP contribution in [0.3, 0.4) is 0 Å². The van der Waals surface area contributed by atoms with Gasteiger partial charge in [-0.25, -0.2) is 4.79 Å². The molecule has 0 atom stereocenters. The fraction of sp³-hybridized carbons (Fsp3) is 0.250. The van der Waals surface area contributed by atoms with E-state index in [0.29, 0.717) is 16.8 Å². The Hall–Kier alpha value is -3.77. The molecule has 0 fully saturated rings. The van der Waals surface area contributed by atoms with Crippen LogP contribution >= 0.6 is 0 Å². The fourth-order valence-corrected chi connectivity index (χ4v) is 4.07. The minimum absolute atomic E-state index is 0.00942. The fourth-order valence-electron chi connectivity index (χ4n) is 4.07. The number of aromatic nitrogens is 1. The van der Waals surface area contributed by atoms with E-state index in [-0.39, 0.29) is 5.78 Å². The maximum absolute atomic E-state index is 13.2. The second-order valence-electron chi connectivity index (χ2n) is 8.97. The van der Waals surface area contributed by atoms with Crippen molar-refractivity contribution < 1.29 is 19.5 Å². The Bertz CT molecular complexity index is 1450. The third kappa shape index (κ3) is 4.24. The van der Waals surface area contributed by atoms with E-state index in [2.05, 4.69) is 16.6 Å². The number of ketones is 1. The van der Waals surface area contributed by atoms with Gasteiger partial charge in [0, 0.05) is 39.5 Å². The van der Waals surface area contributed by atoms with Gasteiger partial charge in [0.15, 0.2) is 11.4 Å². The summed E-state index contributed by atoms with van der Waals surface area (Å²) in [4.78, 5) is 30.0. The predicted molar refractivity (Wildman–Crippen MR) is 134 cm³/mol. The van der Waals surface area contributed by atoms with Crippen LogP contribution in [0.25, 0.3) is 21.8 Å². The van der Waals surface area contributed by atoms with Crippen LogP contribution in [0.2, 0.25) is 0 Å². The lowest BCUT2D eigenvalue weighted by atomic mass is 9.97. The number of rotatable bonds is 6. The molecule has 174 valence electrons. The Morgan fingerprint density at radius 1 is 0.971 bits per heavy atom. The Kier molecular flexibility index (Phi) is 6.11. The highest BCUT2D eigenvalue weighted by atomic mass is 16.7. The van der Waals surface area contributed by atoms with Crippen LogP contribution in [-0.4, -0.2) is 32.7 Å². The zero-order valence-corrected chi connectivity index (χ0v) is 20.0. The van der Waals surface area contributed by atoms with Gasteiger partial charge in [-0.2, -0.15) is 0 Å². The quantitative estimate of drug-likeness (QED) is 0.183. The summed E-state index contributed by atoms with van der Waals surface area (Å²) in [5, 5.41) is 15.6. The third-order valence-electron chi connectivity index (χ3n) is 6.02. The molecule has 1 N–H and O–H groups in total. The monoisotopic (exact) mass is 456 g/mol. The van der Waals surface area contributed by atoms with Crippen LogP contribution < -0.4 is 0 Å². The Balaban J connectivity index is 1.81. The highest BCUT2D eigenvalue weighted by molar-refractivity contribution is 6.16. The lowest BCUT2D eigenvalue weighted by molar-refractivity contribution is -0.161. The summed E-state index contributed by atoms with van der Waals surface area (Å²) >= 11 is 0. The Morgan fingerprint density at radius 2 is 1.56 bits per heavy atom. The van der Waals surface area contributed by atoms with Crippen molar-refractivity contribution in [2.75, 3.05) is 0 Å². The maximum Gasteiger partial charge on any atom is 0.365 e. The number of carbonyl (C=O) groups is 2. The summed E-state index contributed by atoms with van der Waals surface area (Å²) in [6.45, 7) is 9.24. The van der Waals surface area contributed by atoms with E-state index >= 15 is 0 Å². The first-order chi connectivity index (χ1) is 16.1. The zero-order valence-electron chi connectivity index (χ0n) is 20.0. The van der Waals surface area contributed by atoms with Crippen LogP contribution in [0.15, 0.2) is 65.8 Å². The molecule has 4 rings (SSSR count). The number of carbonyl (C=O) groups excluding carboxylic acids is 2. The molecule has 0 saturated heterocycles. The summed E-state index contributed by atoms with van der Waals surface area (Å²) in [5.41, 5.74) is 4.01. The molecule has 1 aromatic heterocycles. The lowest BCUT2D eigenvalue weighted by Gasteiger charge is -2.12. The van der Waals surface area contributed by atoms with E-state index in [0.717, 1.165) is 39.5 Å². The average Bonchev–Trinajstić information content (AvgIpc) is 3.13. The summed E-state index contributed by atoms with van der Waals surface area (Å²) < 4.78 is 2.21. The largest absolute Gasteiger partial charge is 0.379 e. The van der Waals surface area contributed by atoms with Gasteiger partial charge in [0.1, 0.15) is 0 Å². The van der Waals surface area contributed by atoms with Gasteiger partial charge in [0.25, 0.3) is 0 Å². The SMILES string of the molecule is CCn1c2ccc(C(=O)c3ccccc3C)cc2c2cc(C(C)=NOC(=O)C(C)(C)O)ccc21. The molecule has 3 aromatic carbocycles. The van der Waals surface area contributed by atoms with Crippen molar-refractivity contribution >= 4 is 39.3 Å². The Morgan fingerprint density at radius 3 is 2.15 bits per heavy atom. The zero-order chi connectivity index (χ0) is 24.6. The minimum Gasteiger partial charge on any atom is -0.379 e. The van der Waals surface area contributed by atoms with Gasteiger partial charge in [0.05, 0.1) is 5.71 Å². The first-order valence-corrected chi connectivity index (χ1v) is 11.3. The molecule has 6 nitrogen and oxygen atoms in total. The molecule has 0 unspecified atom stereocenters. The standard InChI is InChI=1S/C28H28N2O4/c1-6-30-24-13-11-19(18(3)29-34-27(32)28(4,5)33)15-22(24)23-16-20(12-14-25(23)30)26(31)21-10-8-7-9-17(21)2/h7-16,33H,6H2,1-5H3. The molecule has 1 heterocycles. The van der Waals surface area contributed by atoms with Gasteiger partial charge in [-0.15, -0.1) is 0 Å². The van der Waals surface area contributed by atoms with Gasteiger partial charge in [0.2, 0.25) is 0 Å². The molecule has 0 saturated carbocycles. The molecule has 0 spiro atoms. The first kappa shape index (κ1) is 23.4. The molecule has 6 heteroatoms. The summed E-state index contributed by atoms with van der Waals surface area (Å²) in [6.07, 6.45) is 0. The molecule has 4 aromatic rings. The molecule has 34 heavy (non-hydrogen) atoms. The number of oxime groups is 1. The van der Waals surface area contributed by atoms with Crippen LogP contribution in [-0.2, 0) is 16.2 Å². The Labute approximate surface area is 198 Å². The van der Waals surface area contributed by atoms with E-state index in [1.165, 1.54) is 13.8 Å². The number of benzene rings is 3. The number of fused-ring (bicyclic) bond motifs is 3. The van der Waals surface area contributed by atoms with Crippen LogP contribution in [0.1, 0.15) is 54.7 Å². The molecule has 0 radical (unpaired) electrons. The second-order valence-corrected chi connectivity index (χ2v) is 8.97. The van der Waals surface area contributed by atoms with Crippen LogP contribution in [0.4, 0.5) is 0 Å². The molecule has 0 aliphatic carbocycles. The topological polar surface area (TPSA) is 80.9 Å². The van der Waals surface area contributed by atoms with Crippen molar-refractivity contribution in [3.05, 3.63) is 82.9 Å². The third-order valence-corrected chi connectivity index (χ3v) is 6.02. The van der Waals surface area contributed by atoms with Gasteiger partial charge in [-0.05, 0) is 76.1 Å². The van der Waals surface area contributed by atoms with Crippen molar-refractivity contribution in [1.29, 1.82) is 0 Å². The summed E-state index contributed by atoms with van der Waals surface area (Å²) in [6, 6.07) is 19.3. The highest BCUT2D eigenvalue weighted by Gasteiger charge is 2.26. The molecule has 0 amide bonds. The number of aryl methyl sites for hydroxylation is 2. The number of nitrogens with zero attached hydrogens (tertiary/aromatic N) is 2. The number of aliphatic hydroxyl groups is 1. The maximum atomic E-state index is 13.2. The van der Waals surface area contributed by atoms with E-state index in [4.69, 9.17) is 4.84 Å². The van der Waals surface area contributed by atoms with E-state index in [1.54, 1.807) is 6.92 Å². The van der Waals surface area contributed by atoms with Crippen molar-refractivity contribution in [2.24, 2.45) is 5.16 Å². The smallest absolute Gasteiger partial charge is 0.365 e. The summed E-state index contributed by atoms with van der Waals surface area (Å²) in [7, 11) is 0. The van der Waals surface area contributed by atoms with Crippen molar-refractivity contribution in [3.63, 3.8) is 0 Å². The van der Waals surface area contributed by atoms with Gasteiger partial charge in [-0.3, -0.25) is 4.79 Å². The van der Waals surface area contributed by atoms with E-state index in [9.17, 15) is 14.7 Å². The molecule has 0 aliphatic rings. The van der Waals surface area contributed by atoms with E-state index < -0.39 is 11.6 Å². The summed E-state index contributed by atoms with van der Waals surface area (Å²) in [5.74, 6) is -0.834. The number of hydrogen-bond acceptors (Lipinski definition) is 5. The second kappa shape index (κ2) is 8.88. The highest BCUT2D eigenvalue weighted by Crippen LogP contribution is 2.31. The molecule has 0 aliphatic heterocycles. The average molecular weight is 457 g/mol. The molecule has 0 bridgehead atoms. The van der Waals surface area contributed by atoms with Crippen molar-refractivity contribution in [1.82, 2.24) is 4.57 Å². The minimum atomic E-state index is -1.62. The first-order valence-electron chi connectivity index (χ1n) is 11.3. The van der Waals surface area contributed by atoms with Gasteiger partial charge < -0.3 is 14.5 Å². The van der Waals surface area contributed by atoms with E-state index in [1.807, 2.05) is 67.6 Å². The van der Waals surface area contributed by atoms with Crippen LogP contribution in [0, 0.1) is 6.92 Å². The van der Waals surface area contributed by atoms with Crippen molar-refractivity contribution in [2.45, 2.75) is 46.8 Å². The molecular weight excluding hydrogens is 428 g/mol. The molecular formula is C28H28N2O4. The number of hydrogen-bond donors (Lipinski definition) is 1. The predicted octanol–water partition coefficient (Wildman–Crippen LogP) is 5.39. The van der Waals surface area contributed by atoms with Gasteiger partial charge in [-0.1, -0.05) is 35.5 Å².